The highest BCUT2D eigenvalue weighted by Crippen LogP contribution is 2.21. The summed E-state index contributed by atoms with van der Waals surface area (Å²) in [5.41, 5.74) is 2.43. The summed E-state index contributed by atoms with van der Waals surface area (Å²) in [7, 11) is 0. The fourth-order valence-electron chi connectivity index (χ4n) is 2.17. The van der Waals surface area contributed by atoms with E-state index in [1.165, 1.54) is 17.7 Å². The van der Waals surface area contributed by atoms with E-state index in [2.05, 4.69) is 5.32 Å². The van der Waals surface area contributed by atoms with Crippen LogP contribution in [-0.2, 0) is 4.79 Å². The van der Waals surface area contributed by atoms with E-state index in [1.54, 1.807) is 13.0 Å². The van der Waals surface area contributed by atoms with E-state index < -0.39 is 4.92 Å². The summed E-state index contributed by atoms with van der Waals surface area (Å²) in [5.74, 6) is 0.645. The van der Waals surface area contributed by atoms with Crippen LogP contribution >= 0.6 is 0 Å². The first-order valence-corrected chi connectivity index (χ1v) is 7.70. The molecule has 0 spiro atoms. The van der Waals surface area contributed by atoms with Crippen LogP contribution in [0.2, 0.25) is 0 Å². The second-order valence-corrected chi connectivity index (χ2v) is 5.57. The average Bonchev–Trinajstić information content (AvgIpc) is 2.55. The van der Waals surface area contributed by atoms with Crippen molar-refractivity contribution >= 4 is 17.3 Å². The third-order valence-electron chi connectivity index (χ3n) is 3.53. The molecule has 2 aromatic carbocycles. The van der Waals surface area contributed by atoms with E-state index in [4.69, 9.17) is 4.74 Å². The number of rotatable bonds is 7. The molecule has 0 radical (unpaired) electrons. The molecule has 126 valence electrons. The van der Waals surface area contributed by atoms with Gasteiger partial charge in [0.15, 0.2) is 0 Å². The molecular formula is C18H20N2O4. The molecular weight excluding hydrogens is 308 g/mol. The minimum Gasteiger partial charge on any atom is -0.494 e. The maximum absolute atomic E-state index is 11.9. The summed E-state index contributed by atoms with van der Waals surface area (Å²) in [6.07, 6.45) is 0.911. The van der Waals surface area contributed by atoms with Gasteiger partial charge in [0.05, 0.1) is 11.5 Å². The topological polar surface area (TPSA) is 81.5 Å². The highest BCUT2D eigenvalue weighted by molar-refractivity contribution is 5.91. The molecule has 6 heteroatoms. The van der Waals surface area contributed by atoms with E-state index in [0.717, 1.165) is 5.75 Å². The van der Waals surface area contributed by atoms with Crippen LogP contribution in [0.15, 0.2) is 42.5 Å². The van der Waals surface area contributed by atoms with Gasteiger partial charge in [0.1, 0.15) is 5.75 Å². The normalized spacial score (nSPS) is 10.2. The van der Waals surface area contributed by atoms with E-state index >= 15 is 0 Å². The Morgan fingerprint density at radius 2 is 1.88 bits per heavy atom. The van der Waals surface area contributed by atoms with Crippen LogP contribution < -0.4 is 10.1 Å². The molecule has 1 N–H and O–H groups in total. The molecule has 6 nitrogen and oxygen atoms in total. The number of nitrogens with one attached hydrogen (secondary N) is 1. The molecule has 2 aromatic rings. The number of nitro groups is 1. The first kappa shape index (κ1) is 17.5. The number of non-ortho nitro benzene ring substituents is 1. The molecule has 0 heterocycles. The SMILES string of the molecule is Cc1ccc(OCCCC(=O)Nc2ccc([N+](=O)[O-])cc2C)cc1. The van der Waals surface area contributed by atoms with Crippen molar-refractivity contribution in [3.8, 4) is 5.75 Å². The predicted octanol–water partition coefficient (Wildman–Crippen LogP) is 4.01. The lowest BCUT2D eigenvalue weighted by atomic mass is 10.1. The summed E-state index contributed by atoms with van der Waals surface area (Å²) in [4.78, 5) is 22.2. The fraction of sp³-hybridized carbons (Fsp3) is 0.278. The monoisotopic (exact) mass is 328 g/mol. The van der Waals surface area contributed by atoms with Gasteiger partial charge in [0.2, 0.25) is 5.91 Å². The van der Waals surface area contributed by atoms with Crippen molar-refractivity contribution in [1.29, 1.82) is 0 Å². The zero-order valence-electron chi connectivity index (χ0n) is 13.7. The number of amides is 1. The van der Waals surface area contributed by atoms with Crippen molar-refractivity contribution in [2.45, 2.75) is 26.7 Å². The minimum absolute atomic E-state index is 0.0111. The zero-order valence-corrected chi connectivity index (χ0v) is 13.7. The maximum Gasteiger partial charge on any atom is 0.269 e. The molecule has 0 fully saturated rings. The Morgan fingerprint density at radius 3 is 2.50 bits per heavy atom. The Kier molecular flexibility index (Phi) is 5.89. The summed E-state index contributed by atoms with van der Waals surface area (Å²) in [6.45, 7) is 4.19. The third-order valence-corrected chi connectivity index (χ3v) is 3.53. The molecule has 0 unspecified atom stereocenters. The summed E-state index contributed by atoms with van der Waals surface area (Å²) < 4.78 is 5.57. The molecule has 24 heavy (non-hydrogen) atoms. The molecule has 0 bridgehead atoms. The Bertz CT molecular complexity index is 726. The second-order valence-electron chi connectivity index (χ2n) is 5.57. The van der Waals surface area contributed by atoms with Crippen molar-refractivity contribution in [3.63, 3.8) is 0 Å². The number of nitro benzene ring substituents is 1. The molecule has 1 amide bonds. The molecule has 2 rings (SSSR count). The summed E-state index contributed by atoms with van der Waals surface area (Å²) >= 11 is 0. The summed E-state index contributed by atoms with van der Waals surface area (Å²) in [5, 5.41) is 13.5. The van der Waals surface area contributed by atoms with E-state index in [9.17, 15) is 14.9 Å². The molecule has 0 saturated heterocycles. The Labute approximate surface area is 140 Å². The van der Waals surface area contributed by atoms with Crippen LogP contribution in [0.3, 0.4) is 0 Å². The molecule has 0 saturated carbocycles. The van der Waals surface area contributed by atoms with Gasteiger partial charge < -0.3 is 10.1 Å². The van der Waals surface area contributed by atoms with Crippen LogP contribution in [0.5, 0.6) is 5.75 Å². The predicted molar refractivity (Wildman–Crippen MR) is 92.4 cm³/mol. The number of carbonyl (C=O) groups is 1. The fourth-order valence-corrected chi connectivity index (χ4v) is 2.17. The lowest BCUT2D eigenvalue weighted by molar-refractivity contribution is -0.384. The van der Waals surface area contributed by atoms with Crippen molar-refractivity contribution < 1.29 is 14.5 Å². The van der Waals surface area contributed by atoms with E-state index in [0.29, 0.717) is 30.7 Å². The van der Waals surface area contributed by atoms with Gasteiger partial charge >= 0.3 is 0 Å². The summed E-state index contributed by atoms with van der Waals surface area (Å²) in [6, 6.07) is 12.1. The van der Waals surface area contributed by atoms with Crippen LogP contribution in [0.4, 0.5) is 11.4 Å². The van der Waals surface area contributed by atoms with Gasteiger partial charge in [-0.15, -0.1) is 0 Å². The Hall–Kier alpha value is -2.89. The van der Waals surface area contributed by atoms with Crippen LogP contribution in [-0.4, -0.2) is 17.4 Å². The molecule has 0 atom stereocenters. The first-order valence-electron chi connectivity index (χ1n) is 7.70. The van der Waals surface area contributed by atoms with Crippen molar-refractivity contribution in [3.05, 3.63) is 63.7 Å². The molecule has 0 aliphatic heterocycles. The third kappa shape index (κ3) is 5.08. The largest absolute Gasteiger partial charge is 0.494 e. The minimum atomic E-state index is -0.457. The van der Waals surface area contributed by atoms with Gasteiger partial charge in [0.25, 0.3) is 5.69 Å². The van der Waals surface area contributed by atoms with Crippen LogP contribution in [0.1, 0.15) is 24.0 Å². The number of anilines is 1. The van der Waals surface area contributed by atoms with Crippen molar-refractivity contribution in [1.82, 2.24) is 0 Å². The van der Waals surface area contributed by atoms with E-state index in [1.807, 2.05) is 31.2 Å². The second kappa shape index (κ2) is 8.10. The lowest BCUT2D eigenvalue weighted by Gasteiger charge is -2.09. The highest BCUT2D eigenvalue weighted by Gasteiger charge is 2.10. The zero-order chi connectivity index (χ0) is 17.5. The van der Waals surface area contributed by atoms with Crippen molar-refractivity contribution in [2.75, 3.05) is 11.9 Å². The lowest BCUT2D eigenvalue weighted by Crippen LogP contribution is -2.13. The van der Waals surface area contributed by atoms with Gasteiger partial charge in [-0.2, -0.15) is 0 Å². The average molecular weight is 328 g/mol. The maximum atomic E-state index is 11.9. The quantitative estimate of drug-likeness (QED) is 0.473. The van der Waals surface area contributed by atoms with Gasteiger partial charge in [-0.3, -0.25) is 14.9 Å². The number of benzene rings is 2. The first-order chi connectivity index (χ1) is 11.5. The number of carbonyl (C=O) groups excluding carboxylic acids is 1. The van der Waals surface area contributed by atoms with Gasteiger partial charge in [-0.25, -0.2) is 0 Å². The standard InChI is InChI=1S/C18H20N2O4/c1-13-5-8-16(9-6-13)24-11-3-4-18(21)19-17-10-7-15(20(22)23)12-14(17)2/h5-10,12H,3-4,11H2,1-2H3,(H,19,21). The number of aryl methyl sites for hydroxylation is 2. The number of hydrogen-bond donors (Lipinski definition) is 1. The molecule has 0 aliphatic rings. The van der Waals surface area contributed by atoms with Gasteiger partial charge in [-0.05, 0) is 44.0 Å². The smallest absolute Gasteiger partial charge is 0.269 e. The molecule has 0 aromatic heterocycles. The van der Waals surface area contributed by atoms with Gasteiger partial charge in [0, 0.05) is 24.2 Å². The Morgan fingerprint density at radius 1 is 1.17 bits per heavy atom. The Balaban J connectivity index is 1.77. The highest BCUT2D eigenvalue weighted by atomic mass is 16.6. The van der Waals surface area contributed by atoms with E-state index in [-0.39, 0.29) is 11.6 Å². The number of nitrogens with zero attached hydrogens (tertiary/aromatic N) is 1. The molecule has 0 aliphatic carbocycles. The van der Waals surface area contributed by atoms with Crippen LogP contribution in [0, 0.1) is 24.0 Å². The number of hydrogen-bond acceptors (Lipinski definition) is 4. The van der Waals surface area contributed by atoms with Crippen LogP contribution in [0.25, 0.3) is 0 Å². The number of ether oxygens (including phenoxy) is 1. The van der Waals surface area contributed by atoms with Crippen molar-refractivity contribution in [2.24, 2.45) is 0 Å². The van der Waals surface area contributed by atoms with Gasteiger partial charge in [-0.1, -0.05) is 17.7 Å².